The summed E-state index contributed by atoms with van der Waals surface area (Å²) in [6.07, 6.45) is 0.720. The summed E-state index contributed by atoms with van der Waals surface area (Å²) in [6, 6.07) is 23.0. The summed E-state index contributed by atoms with van der Waals surface area (Å²) in [7, 11) is 0. The van der Waals surface area contributed by atoms with Gasteiger partial charge in [-0.1, -0.05) is 48.5 Å². The lowest BCUT2D eigenvalue weighted by atomic mass is 9.84. The molecule has 2 N–H and O–H groups in total. The number of aromatic hydroxyl groups is 1. The number of anilines is 1. The van der Waals surface area contributed by atoms with Gasteiger partial charge in [0.15, 0.2) is 0 Å². The normalized spacial score (nSPS) is 15.8. The molecule has 118 valence electrons. The van der Waals surface area contributed by atoms with Crippen molar-refractivity contribution in [2.45, 2.75) is 12.3 Å². The zero-order valence-corrected chi connectivity index (χ0v) is 13.1. The Morgan fingerprint density at radius 2 is 1.62 bits per heavy atom. The summed E-state index contributed by atoms with van der Waals surface area (Å²) in [5.74, 6) is 0.242. The Kier molecular flexibility index (Phi) is 3.54. The van der Waals surface area contributed by atoms with Crippen LogP contribution in [-0.2, 0) is 6.42 Å². The van der Waals surface area contributed by atoms with Crippen LogP contribution in [0.4, 0.5) is 5.69 Å². The van der Waals surface area contributed by atoms with Crippen molar-refractivity contribution in [1.82, 2.24) is 0 Å². The number of phenols is 1. The van der Waals surface area contributed by atoms with E-state index in [1.807, 2.05) is 54.6 Å². The second-order valence-corrected chi connectivity index (χ2v) is 6.06. The topological polar surface area (TPSA) is 49.3 Å². The summed E-state index contributed by atoms with van der Waals surface area (Å²) >= 11 is 0. The Hall–Kier alpha value is -3.07. The van der Waals surface area contributed by atoms with Crippen molar-refractivity contribution in [3.63, 3.8) is 0 Å². The van der Waals surface area contributed by atoms with Crippen molar-refractivity contribution in [3.05, 3.63) is 95.1 Å². The number of benzene rings is 3. The molecule has 0 aromatic heterocycles. The minimum atomic E-state index is -0.0727. The summed E-state index contributed by atoms with van der Waals surface area (Å²) in [5.41, 5.74) is 4.71. The van der Waals surface area contributed by atoms with Crippen molar-refractivity contribution in [2.75, 3.05) is 5.32 Å². The standard InChI is InChI=1S/C21H17NO2/c23-15-7-5-6-14(12-15)13-19-16-8-1-2-10-18(16)21(24)22-20-11-4-3-9-17(19)20/h1-12,19,23H,13H2,(H,22,24). The number of para-hydroxylation sites is 1. The maximum atomic E-state index is 12.6. The molecule has 1 aliphatic heterocycles. The van der Waals surface area contributed by atoms with Crippen LogP contribution in [0.5, 0.6) is 5.75 Å². The van der Waals surface area contributed by atoms with Gasteiger partial charge in [-0.05, 0) is 47.4 Å². The molecule has 0 aliphatic carbocycles. The summed E-state index contributed by atoms with van der Waals surface area (Å²) < 4.78 is 0. The minimum Gasteiger partial charge on any atom is -0.508 e. The molecule has 3 heteroatoms. The molecule has 1 heterocycles. The fourth-order valence-corrected chi connectivity index (χ4v) is 3.42. The van der Waals surface area contributed by atoms with Gasteiger partial charge in [-0.2, -0.15) is 0 Å². The van der Waals surface area contributed by atoms with Crippen LogP contribution < -0.4 is 5.32 Å². The molecule has 1 unspecified atom stereocenters. The first-order valence-corrected chi connectivity index (χ1v) is 7.99. The molecule has 0 radical (unpaired) electrons. The van der Waals surface area contributed by atoms with Crippen LogP contribution in [0.1, 0.15) is 33.0 Å². The average molecular weight is 315 g/mol. The molecule has 3 aromatic carbocycles. The van der Waals surface area contributed by atoms with Gasteiger partial charge in [0.2, 0.25) is 0 Å². The van der Waals surface area contributed by atoms with E-state index in [4.69, 9.17) is 0 Å². The number of carbonyl (C=O) groups excluding carboxylic acids is 1. The predicted molar refractivity (Wildman–Crippen MR) is 94.5 cm³/mol. The maximum Gasteiger partial charge on any atom is 0.255 e. The quantitative estimate of drug-likeness (QED) is 0.739. The second kappa shape index (κ2) is 5.85. The summed E-state index contributed by atoms with van der Waals surface area (Å²) in [6.45, 7) is 0. The Bertz CT molecular complexity index is 917. The molecule has 0 spiro atoms. The van der Waals surface area contributed by atoms with Crippen LogP contribution >= 0.6 is 0 Å². The van der Waals surface area contributed by atoms with Crippen molar-refractivity contribution < 1.29 is 9.90 Å². The van der Waals surface area contributed by atoms with Crippen LogP contribution in [0.3, 0.4) is 0 Å². The molecule has 0 fully saturated rings. The number of nitrogens with one attached hydrogen (secondary N) is 1. The van der Waals surface area contributed by atoms with Gasteiger partial charge in [-0.25, -0.2) is 0 Å². The van der Waals surface area contributed by atoms with Gasteiger partial charge in [-0.3, -0.25) is 4.79 Å². The van der Waals surface area contributed by atoms with E-state index in [0.717, 1.165) is 28.8 Å². The lowest BCUT2D eigenvalue weighted by molar-refractivity contribution is 0.102. The lowest BCUT2D eigenvalue weighted by Gasteiger charge is -2.19. The molecule has 1 amide bonds. The number of phenolic OH excluding ortho intramolecular Hbond substituents is 1. The van der Waals surface area contributed by atoms with E-state index in [9.17, 15) is 9.90 Å². The first kappa shape index (κ1) is 14.5. The van der Waals surface area contributed by atoms with Gasteiger partial charge in [0, 0.05) is 17.2 Å². The van der Waals surface area contributed by atoms with E-state index in [0.29, 0.717) is 5.56 Å². The number of carbonyl (C=O) groups is 1. The van der Waals surface area contributed by atoms with E-state index in [-0.39, 0.29) is 17.6 Å². The van der Waals surface area contributed by atoms with E-state index < -0.39 is 0 Å². The lowest BCUT2D eigenvalue weighted by Crippen LogP contribution is -2.11. The molecule has 0 bridgehead atoms. The Balaban J connectivity index is 1.88. The van der Waals surface area contributed by atoms with Gasteiger partial charge >= 0.3 is 0 Å². The summed E-state index contributed by atoms with van der Waals surface area (Å²) in [5, 5.41) is 12.8. The monoisotopic (exact) mass is 315 g/mol. The molecule has 24 heavy (non-hydrogen) atoms. The van der Waals surface area contributed by atoms with Crippen LogP contribution in [0, 0.1) is 0 Å². The molecule has 3 nitrogen and oxygen atoms in total. The Labute approximate surface area is 140 Å². The molecule has 0 saturated heterocycles. The number of amides is 1. The second-order valence-electron chi connectivity index (χ2n) is 6.06. The van der Waals surface area contributed by atoms with Crippen molar-refractivity contribution in [2.24, 2.45) is 0 Å². The highest BCUT2D eigenvalue weighted by Gasteiger charge is 2.27. The minimum absolute atomic E-state index is 0.0538. The first-order valence-electron chi connectivity index (χ1n) is 7.99. The predicted octanol–water partition coefficient (Wildman–Crippen LogP) is 4.33. The average Bonchev–Trinajstić information content (AvgIpc) is 2.71. The van der Waals surface area contributed by atoms with Gasteiger partial charge < -0.3 is 10.4 Å². The fourth-order valence-electron chi connectivity index (χ4n) is 3.42. The zero-order chi connectivity index (χ0) is 16.5. The zero-order valence-electron chi connectivity index (χ0n) is 13.1. The van der Waals surface area contributed by atoms with E-state index in [2.05, 4.69) is 11.4 Å². The number of hydrogen-bond donors (Lipinski definition) is 2. The van der Waals surface area contributed by atoms with E-state index in [1.54, 1.807) is 12.1 Å². The van der Waals surface area contributed by atoms with Crippen molar-refractivity contribution >= 4 is 11.6 Å². The summed E-state index contributed by atoms with van der Waals surface area (Å²) in [4.78, 5) is 12.6. The van der Waals surface area contributed by atoms with Crippen LogP contribution in [0.25, 0.3) is 0 Å². The third kappa shape index (κ3) is 2.54. The van der Waals surface area contributed by atoms with Crippen molar-refractivity contribution in [1.29, 1.82) is 0 Å². The van der Waals surface area contributed by atoms with Gasteiger partial charge in [-0.15, -0.1) is 0 Å². The highest BCUT2D eigenvalue weighted by Crippen LogP contribution is 2.38. The largest absolute Gasteiger partial charge is 0.508 e. The SMILES string of the molecule is O=C1Nc2ccccc2C(Cc2cccc(O)c2)c2ccccc21. The van der Waals surface area contributed by atoms with Gasteiger partial charge in [0.1, 0.15) is 5.75 Å². The molecule has 1 atom stereocenters. The Morgan fingerprint density at radius 3 is 2.46 bits per heavy atom. The van der Waals surface area contributed by atoms with Crippen LogP contribution in [0.2, 0.25) is 0 Å². The number of hydrogen-bond acceptors (Lipinski definition) is 2. The molecular weight excluding hydrogens is 298 g/mol. The highest BCUT2D eigenvalue weighted by molar-refractivity contribution is 6.07. The first-order chi connectivity index (χ1) is 11.7. The van der Waals surface area contributed by atoms with Crippen molar-refractivity contribution in [3.8, 4) is 5.75 Å². The molecule has 0 saturated carbocycles. The smallest absolute Gasteiger partial charge is 0.255 e. The molecule has 3 aromatic rings. The van der Waals surface area contributed by atoms with Gasteiger partial charge in [0.25, 0.3) is 5.91 Å². The molecule has 4 rings (SSSR count). The Morgan fingerprint density at radius 1 is 0.875 bits per heavy atom. The third-order valence-electron chi connectivity index (χ3n) is 4.52. The number of rotatable bonds is 2. The van der Waals surface area contributed by atoms with E-state index in [1.165, 1.54) is 0 Å². The highest BCUT2D eigenvalue weighted by atomic mass is 16.3. The fraction of sp³-hybridized carbons (Fsp3) is 0.0952. The van der Waals surface area contributed by atoms with Crippen LogP contribution in [0.15, 0.2) is 72.8 Å². The third-order valence-corrected chi connectivity index (χ3v) is 4.52. The maximum absolute atomic E-state index is 12.6. The number of fused-ring (bicyclic) bond motifs is 2. The molecule has 1 aliphatic rings. The van der Waals surface area contributed by atoms with Gasteiger partial charge in [0.05, 0.1) is 0 Å². The molecular formula is C21H17NO2. The van der Waals surface area contributed by atoms with Crippen LogP contribution in [-0.4, -0.2) is 11.0 Å². The van der Waals surface area contributed by atoms with E-state index >= 15 is 0 Å².